The summed E-state index contributed by atoms with van der Waals surface area (Å²) in [5, 5.41) is 3.51. The molecule has 1 aromatic carbocycles. The number of hydrogen-bond acceptors (Lipinski definition) is 3. The number of halogens is 3. The highest BCUT2D eigenvalue weighted by Crippen LogP contribution is 2.38. The Labute approximate surface area is 124 Å². The number of pyridine rings is 1. The smallest absolute Gasteiger partial charge is 0.149 e. The topological polar surface area (TPSA) is 28.2 Å². The van der Waals surface area contributed by atoms with Gasteiger partial charge in [-0.2, -0.15) is 0 Å². The van der Waals surface area contributed by atoms with Gasteiger partial charge in [-0.05, 0) is 35.0 Å². The Morgan fingerprint density at radius 3 is 2.55 bits per heavy atom. The lowest BCUT2D eigenvalue weighted by Gasteiger charge is -2.31. The second kappa shape index (κ2) is 5.26. The number of rotatable bonds is 1. The molecule has 0 amide bonds. The van der Waals surface area contributed by atoms with Crippen LogP contribution in [-0.4, -0.2) is 31.2 Å². The minimum Gasteiger partial charge on any atom is -0.367 e. The number of nitrogens with one attached hydrogen (secondary N) is 1. The van der Waals surface area contributed by atoms with Crippen LogP contribution in [0, 0.1) is 18.6 Å². The molecule has 1 aromatic heterocycles. The fourth-order valence-electron chi connectivity index (χ4n) is 2.56. The molecule has 0 atom stereocenters. The van der Waals surface area contributed by atoms with Gasteiger partial charge in [-0.25, -0.2) is 13.8 Å². The summed E-state index contributed by atoms with van der Waals surface area (Å²) in [6, 6.07) is 2.28. The first-order valence-electron chi connectivity index (χ1n) is 6.49. The fourth-order valence-corrected chi connectivity index (χ4v) is 3.10. The van der Waals surface area contributed by atoms with Crippen molar-refractivity contribution < 1.29 is 8.78 Å². The van der Waals surface area contributed by atoms with Crippen molar-refractivity contribution in [2.75, 3.05) is 31.1 Å². The first-order valence-corrected chi connectivity index (χ1v) is 7.28. The largest absolute Gasteiger partial charge is 0.367 e. The third-order valence-electron chi connectivity index (χ3n) is 3.55. The first-order chi connectivity index (χ1) is 9.59. The highest BCUT2D eigenvalue weighted by molar-refractivity contribution is 9.10. The molecule has 20 heavy (non-hydrogen) atoms. The summed E-state index contributed by atoms with van der Waals surface area (Å²) in [6.45, 7) is 4.96. The molecule has 0 aliphatic carbocycles. The molecule has 1 aliphatic rings. The molecular formula is C14H14BrF2N3. The van der Waals surface area contributed by atoms with Crippen LogP contribution in [0.2, 0.25) is 0 Å². The molecular weight excluding hydrogens is 328 g/mol. The predicted octanol–water partition coefficient (Wildman–Crippen LogP) is 2.99. The Hall–Kier alpha value is -1.27. The molecule has 0 bridgehead atoms. The lowest BCUT2D eigenvalue weighted by atomic mass is 10.1. The van der Waals surface area contributed by atoms with Gasteiger partial charge < -0.3 is 10.2 Å². The van der Waals surface area contributed by atoms with Crippen LogP contribution in [0.15, 0.2) is 16.6 Å². The zero-order valence-electron chi connectivity index (χ0n) is 11.0. The van der Waals surface area contributed by atoms with E-state index in [0.29, 0.717) is 11.4 Å². The molecule has 3 rings (SSSR count). The number of benzene rings is 1. The van der Waals surface area contributed by atoms with Gasteiger partial charge in [0.05, 0.1) is 21.2 Å². The maximum atomic E-state index is 14.2. The Bertz CT molecular complexity index is 669. The number of hydrogen-bond donors (Lipinski definition) is 1. The predicted molar refractivity (Wildman–Crippen MR) is 79.2 cm³/mol. The summed E-state index contributed by atoms with van der Waals surface area (Å²) in [7, 11) is 0. The quantitative estimate of drug-likeness (QED) is 0.864. The van der Waals surface area contributed by atoms with E-state index < -0.39 is 11.6 Å². The Morgan fingerprint density at radius 1 is 1.20 bits per heavy atom. The second-order valence-electron chi connectivity index (χ2n) is 4.85. The van der Waals surface area contributed by atoms with Crippen LogP contribution in [-0.2, 0) is 0 Å². The molecule has 0 saturated carbocycles. The van der Waals surface area contributed by atoms with E-state index >= 15 is 0 Å². The Balaban J connectivity index is 2.32. The van der Waals surface area contributed by atoms with Crippen molar-refractivity contribution in [2.24, 2.45) is 0 Å². The standard InChI is InChI=1S/C14H14BrF2N3/c1-8-12(15)14(20-6-4-18-5-7-20)11-9(16)2-3-10(17)13(11)19-8/h2-3,18H,4-7H2,1H3. The third-order valence-corrected chi connectivity index (χ3v) is 4.50. The SMILES string of the molecule is Cc1nc2c(F)ccc(F)c2c(N2CCNCC2)c1Br. The molecule has 106 valence electrons. The Kier molecular flexibility index (Phi) is 3.60. The van der Waals surface area contributed by atoms with Crippen LogP contribution in [0.3, 0.4) is 0 Å². The van der Waals surface area contributed by atoms with Crippen molar-refractivity contribution in [3.8, 4) is 0 Å². The molecule has 3 nitrogen and oxygen atoms in total. The zero-order chi connectivity index (χ0) is 14.3. The molecule has 6 heteroatoms. The summed E-state index contributed by atoms with van der Waals surface area (Å²) >= 11 is 3.48. The maximum Gasteiger partial charge on any atom is 0.149 e. The van der Waals surface area contributed by atoms with E-state index in [4.69, 9.17) is 0 Å². The average molecular weight is 342 g/mol. The number of nitrogens with zero attached hydrogens (tertiary/aromatic N) is 2. The lowest BCUT2D eigenvalue weighted by Crippen LogP contribution is -2.43. The number of piperazine rings is 1. The van der Waals surface area contributed by atoms with E-state index in [1.807, 2.05) is 0 Å². The molecule has 1 N–H and O–H groups in total. The highest BCUT2D eigenvalue weighted by atomic mass is 79.9. The van der Waals surface area contributed by atoms with E-state index in [1.54, 1.807) is 6.92 Å². The second-order valence-corrected chi connectivity index (χ2v) is 5.64. The minimum absolute atomic E-state index is 0.0965. The van der Waals surface area contributed by atoms with Crippen molar-refractivity contribution >= 4 is 32.5 Å². The summed E-state index contributed by atoms with van der Waals surface area (Å²) < 4.78 is 28.9. The van der Waals surface area contributed by atoms with Crippen molar-refractivity contribution in [3.63, 3.8) is 0 Å². The molecule has 0 radical (unpaired) electrons. The average Bonchev–Trinajstić information content (AvgIpc) is 2.46. The molecule has 1 aliphatic heterocycles. The van der Waals surface area contributed by atoms with Crippen LogP contribution < -0.4 is 10.2 Å². The zero-order valence-corrected chi connectivity index (χ0v) is 12.6. The first kappa shape index (κ1) is 13.7. The maximum absolute atomic E-state index is 14.2. The van der Waals surface area contributed by atoms with Gasteiger partial charge in [0.1, 0.15) is 17.2 Å². The minimum atomic E-state index is -0.492. The number of fused-ring (bicyclic) bond motifs is 1. The van der Waals surface area contributed by atoms with Crippen LogP contribution >= 0.6 is 15.9 Å². The van der Waals surface area contributed by atoms with E-state index in [2.05, 4.69) is 31.1 Å². The van der Waals surface area contributed by atoms with Crippen molar-refractivity contribution in [1.82, 2.24) is 10.3 Å². The fraction of sp³-hybridized carbons (Fsp3) is 0.357. The van der Waals surface area contributed by atoms with E-state index in [-0.39, 0.29) is 10.9 Å². The normalized spacial score (nSPS) is 15.9. The monoisotopic (exact) mass is 341 g/mol. The van der Waals surface area contributed by atoms with Gasteiger partial charge in [-0.1, -0.05) is 0 Å². The summed E-state index contributed by atoms with van der Waals surface area (Å²) in [5.41, 5.74) is 1.46. The summed E-state index contributed by atoms with van der Waals surface area (Å²) in [6.07, 6.45) is 0. The van der Waals surface area contributed by atoms with Crippen LogP contribution in [0.1, 0.15) is 5.69 Å². The summed E-state index contributed by atoms with van der Waals surface area (Å²) in [5.74, 6) is -0.934. The van der Waals surface area contributed by atoms with Crippen molar-refractivity contribution in [1.29, 1.82) is 0 Å². The van der Waals surface area contributed by atoms with Crippen molar-refractivity contribution in [3.05, 3.63) is 33.9 Å². The van der Waals surface area contributed by atoms with Crippen molar-refractivity contribution in [2.45, 2.75) is 6.92 Å². The van der Waals surface area contributed by atoms with E-state index in [1.165, 1.54) is 0 Å². The van der Waals surface area contributed by atoms with Gasteiger partial charge in [0.2, 0.25) is 0 Å². The third kappa shape index (κ3) is 2.16. The number of aryl methyl sites for hydroxylation is 1. The molecule has 2 aromatic rings. The lowest BCUT2D eigenvalue weighted by molar-refractivity contribution is 0.586. The van der Waals surface area contributed by atoms with Crippen LogP contribution in [0.5, 0.6) is 0 Å². The number of aromatic nitrogens is 1. The molecule has 0 unspecified atom stereocenters. The highest BCUT2D eigenvalue weighted by Gasteiger charge is 2.22. The van der Waals surface area contributed by atoms with E-state index in [0.717, 1.165) is 42.8 Å². The molecule has 2 heterocycles. The number of anilines is 1. The van der Waals surface area contributed by atoms with Gasteiger partial charge in [0.25, 0.3) is 0 Å². The summed E-state index contributed by atoms with van der Waals surface area (Å²) in [4.78, 5) is 6.26. The molecule has 1 saturated heterocycles. The van der Waals surface area contributed by atoms with Gasteiger partial charge >= 0.3 is 0 Å². The van der Waals surface area contributed by atoms with Gasteiger partial charge in [-0.3, -0.25) is 0 Å². The molecule has 1 fully saturated rings. The molecule has 0 spiro atoms. The van der Waals surface area contributed by atoms with Crippen LogP contribution in [0.4, 0.5) is 14.5 Å². The van der Waals surface area contributed by atoms with Crippen LogP contribution in [0.25, 0.3) is 10.9 Å². The van der Waals surface area contributed by atoms with Gasteiger partial charge in [0.15, 0.2) is 0 Å². The Morgan fingerprint density at radius 2 is 1.85 bits per heavy atom. The van der Waals surface area contributed by atoms with Gasteiger partial charge in [0, 0.05) is 26.2 Å². The van der Waals surface area contributed by atoms with Gasteiger partial charge in [-0.15, -0.1) is 0 Å². The van der Waals surface area contributed by atoms with E-state index in [9.17, 15) is 8.78 Å².